The molecule has 4 heterocycles. The molecule has 0 unspecified atom stereocenters. The largest absolute Gasteiger partial charge is 0.378 e. The molecule has 2 aromatic carbocycles. The highest BCUT2D eigenvalue weighted by Crippen LogP contribution is 2.27. The monoisotopic (exact) mass is 437 g/mol. The van der Waals surface area contributed by atoms with Gasteiger partial charge in [-0.2, -0.15) is 14.7 Å². The summed E-state index contributed by atoms with van der Waals surface area (Å²) in [5.41, 5.74) is 4.91. The van der Waals surface area contributed by atoms with Gasteiger partial charge in [0.15, 0.2) is 11.5 Å². The summed E-state index contributed by atoms with van der Waals surface area (Å²) in [6.45, 7) is 3.46. The summed E-state index contributed by atoms with van der Waals surface area (Å²) >= 11 is 0. The zero-order valence-corrected chi connectivity index (χ0v) is 18.1. The smallest absolute Gasteiger partial charge is 0.179 e. The summed E-state index contributed by atoms with van der Waals surface area (Å²) < 4.78 is 7.44. The van der Waals surface area contributed by atoms with Crippen molar-refractivity contribution < 1.29 is 4.74 Å². The van der Waals surface area contributed by atoms with Crippen LogP contribution in [-0.2, 0) is 11.3 Å². The van der Waals surface area contributed by atoms with Crippen LogP contribution in [-0.4, -0.2) is 45.9 Å². The van der Waals surface area contributed by atoms with Crippen molar-refractivity contribution in [3.8, 4) is 11.3 Å². The van der Waals surface area contributed by atoms with Gasteiger partial charge in [0.2, 0.25) is 0 Å². The molecule has 8 heteroatoms. The van der Waals surface area contributed by atoms with Crippen molar-refractivity contribution in [3.05, 3.63) is 78.5 Å². The van der Waals surface area contributed by atoms with Crippen molar-refractivity contribution in [1.82, 2.24) is 19.6 Å². The predicted octanol–water partition coefficient (Wildman–Crippen LogP) is 5.00. The third-order valence-corrected chi connectivity index (χ3v) is 5.90. The van der Waals surface area contributed by atoms with Gasteiger partial charge in [0, 0.05) is 47.9 Å². The van der Waals surface area contributed by atoms with Crippen LogP contribution in [0.25, 0.3) is 27.8 Å². The van der Waals surface area contributed by atoms with E-state index in [0.717, 1.165) is 52.3 Å². The number of aromatic amines is 1. The van der Waals surface area contributed by atoms with Gasteiger partial charge in [-0.3, -0.25) is 0 Å². The second-order valence-electron chi connectivity index (χ2n) is 7.99. The Balaban J connectivity index is 1.37. The van der Waals surface area contributed by atoms with E-state index in [1.165, 1.54) is 0 Å². The second kappa shape index (κ2) is 8.48. The SMILES string of the molecule is c1ccc(-c2cc3nc(N=NCc4cccc5[nH]ccc45)cc(N4CCOCC4)n3n2)cc1. The van der Waals surface area contributed by atoms with E-state index in [1.54, 1.807) is 0 Å². The van der Waals surface area contributed by atoms with Gasteiger partial charge >= 0.3 is 0 Å². The number of rotatable bonds is 5. The van der Waals surface area contributed by atoms with Crippen LogP contribution in [0.15, 0.2) is 83.2 Å². The Morgan fingerprint density at radius 2 is 1.85 bits per heavy atom. The Bertz CT molecular complexity index is 1430. The first-order valence-electron chi connectivity index (χ1n) is 11.1. The number of nitrogens with one attached hydrogen (secondary N) is 1. The first-order valence-corrected chi connectivity index (χ1v) is 11.1. The van der Waals surface area contributed by atoms with Crippen LogP contribution in [0.5, 0.6) is 0 Å². The molecule has 0 radical (unpaired) electrons. The fourth-order valence-electron chi connectivity index (χ4n) is 4.24. The molecule has 1 N–H and O–H groups in total. The number of morpholine rings is 1. The van der Waals surface area contributed by atoms with Crippen molar-refractivity contribution in [1.29, 1.82) is 0 Å². The normalized spacial score (nSPS) is 14.6. The fourth-order valence-corrected chi connectivity index (χ4v) is 4.24. The highest BCUT2D eigenvalue weighted by molar-refractivity contribution is 5.82. The minimum Gasteiger partial charge on any atom is -0.378 e. The van der Waals surface area contributed by atoms with Gasteiger partial charge in [-0.05, 0) is 17.7 Å². The van der Waals surface area contributed by atoms with Gasteiger partial charge in [-0.1, -0.05) is 42.5 Å². The highest BCUT2D eigenvalue weighted by atomic mass is 16.5. The number of nitrogens with zero attached hydrogens (tertiary/aromatic N) is 6. The molecular weight excluding hydrogens is 414 g/mol. The molecular formula is C25H23N7O. The van der Waals surface area contributed by atoms with Crippen LogP contribution < -0.4 is 4.90 Å². The first-order chi connectivity index (χ1) is 16.3. The van der Waals surface area contributed by atoms with E-state index >= 15 is 0 Å². The van der Waals surface area contributed by atoms with Crippen LogP contribution in [0, 0.1) is 0 Å². The van der Waals surface area contributed by atoms with Gasteiger partial charge in [0.1, 0.15) is 5.82 Å². The second-order valence-corrected chi connectivity index (χ2v) is 7.99. The maximum absolute atomic E-state index is 5.55. The minimum absolute atomic E-state index is 0.490. The van der Waals surface area contributed by atoms with E-state index in [1.807, 2.05) is 47.1 Å². The highest BCUT2D eigenvalue weighted by Gasteiger charge is 2.18. The Labute approximate surface area is 190 Å². The van der Waals surface area contributed by atoms with E-state index < -0.39 is 0 Å². The maximum Gasteiger partial charge on any atom is 0.179 e. The molecule has 0 saturated carbocycles. The molecule has 1 aliphatic rings. The van der Waals surface area contributed by atoms with E-state index in [-0.39, 0.29) is 0 Å². The third-order valence-electron chi connectivity index (χ3n) is 5.90. The summed E-state index contributed by atoms with van der Waals surface area (Å²) in [5, 5.41) is 15.0. The first kappa shape index (κ1) is 19.6. The molecule has 0 amide bonds. The van der Waals surface area contributed by atoms with Crippen molar-refractivity contribution >= 4 is 28.2 Å². The lowest BCUT2D eigenvalue weighted by Crippen LogP contribution is -2.37. The Hall–Kier alpha value is -4.04. The van der Waals surface area contributed by atoms with Gasteiger partial charge in [0.25, 0.3) is 0 Å². The molecule has 0 bridgehead atoms. The van der Waals surface area contributed by atoms with Crippen molar-refractivity contribution in [3.63, 3.8) is 0 Å². The standard InChI is InChI=1S/C25H23N7O/c1-2-5-18(6-3-1)22-15-24-28-23(16-25(32(24)30-22)31-11-13-33-14-12-31)29-27-17-19-7-4-8-21-20(19)9-10-26-21/h1-10,15-16,26H,11-14,17H2. The molecule has 1 saturated heterocycles. The molecule has 1 fully saturated rings. The average molecular weight is 438 g/mol. The van der Waals surface area contributed by atoms with E-state index in [9.17, 15) is 0 Å². The van der Waals surface area contributed by atoms with Crippen molar-refractivity contribution in [2.75, 3.05) is 31.2 Å². The zero-order chi connectivity index (χ0) is 22.0. The van der Waals surface area contributed by atoms with E-state index in [2.05, 4.69) is 50.4 Å². The molecule has 3 aromatic heterocycles. The van der Waals surface area contributed by atoms with Crippen LogP contribution in [0.3, 0.4) is 0 Å². The number of azo groups is 1. The number of hydrogen-bond acceptors (Lipinski definition) is 6. The molecule has 0 atom stereocenters. The van der Waals surface area contributed by atoms with E-state index in [4.69, 9.17) is 14.8 Å². The quantitative estimate of drug-likeness (QED) is 0.392. The number of anilines is 1. The summed E-state index contributed by atoms with van der Waals surface area (Å²) in [5.74, 6) is 1.52. The van der Waals surface area contributed by atoms with Gasteiger partial charge in [-0.15, -0.1) is 5.11 Å². The van der Waals surface area contributed by atoms with Gasteiger partial charge in [0.05, 0.1) is 25.5 Å². The Morgan fingerprint density at radius 3 is 2.73 bits per heavy atom. The number of fused-ring (bicyclic) bond motifs is 2. The molecule has 0 aliphatic carbocycles. The molecule has 8 nitrogen and oxygen atoms in total. The fraction of sp³-hybridized carbons (Fsp3) is 0.200. The zero-order valence-electron chi connectivity index (χ0n) is 18.1. The minimum atomic E-state index is 0.490. The van der Waals surface area contributed by atoms with Gasteiger partial charge < -0.3 is 14.6 Å². The van der Waals surface area contributed by atoms with Crippen LogP contribution in [0.4, 0.5) is 11.6 Å². The summed E-state index contributed by atoms with van der Waals surface area (Å²) in [4.78, 5) is 10.2. The number of ether oxygens (including phenoxy) is 1. The van der Waals surface area contributed by atoms with Crippen molar-refractivity contribution in [2.45, 2.75) is 6.54 Å². The summed E-state index contributed by atoms with van der Waals surface area (Å²) in [6, 6.07) is 22.3. The molecule has 164 valence electrons. The average Bonchev–Trinajstić information content (AvgIpc) is 3.52. The lowest BCUT2D eigenvalue weighted by atomic mass is 10.1. The molecule has 1 aliphatic heterocycles. The number of aromatic nitrogens is 4. The molecule has 6 rings (SSSR count). The number of hydrogen-bond donors (Lipinski definition) is 1. The molecule has 5 aromatic rings. The molecule has 0 spiro atoms. The third kappa shape index (κ3) is 3.85. The lowest BCUT2D eigenvalue weighted by Gasteiger charge is -2.28. The van der Waals surface area contributed by atoms with Crippen LogP contribution in [0.2, 0.25) is 0 Å². The maximum atomic E-state index is 5.55. The summed E-state index contributed by atoms with van der Waals surface area (Å²) in [6.07, 6.45) is 1.94. The number of benzene rings is 2. The van der Waals surface area contributed by atoms with Gasteiger partial charge in [-0.25, -0.2) is 4.98 Å². The number of H-pyrrole nitrogens is 1. The summed E-state index contributed by atoms with van der Waals surface area (Å²) in [7, 11) is 0. The Morgan fingerprint density at radius 1 is 0.970 bits per heavy atom. The molecule has 33 heavy (non-hydrogen) atoms. The Kier molecular flexibility index (Phi) is 5.04. The van der Waals surface area contributed by atoms with Crippen molar-refractivity contribution in [2.24, 2.45) is 10.2 Å². The lowest BCUT2D eigenvalue weighted by molar-refractivity contribution is 0.122. The predicted molar refractivity (Wildman–Crippen MR) is 128 cm³/mol. The van der Waals surface area contributed by atoms with Crippen LogP contribution in [0.1, 0.15) is 5.56 Å². The van der Waals surface area contributed by atoms with E-state index in [0.29, 0.717) is 25.6 Å². The topological polar surface area (TPSA) is 83.2 Å². The van der Waals surface area contributed by atoms with Crippen LogP contribution >= 0.6 is 0 Å².